The summed E-state index contributed by atoms with van der Waals surface area (Å²) in [5.41, 5.74) is 11.4. The number of hydrogen-bond donors (Lipinski definition) is 0. The lowest BCUT2D eigenvalue weighted by Gasteiger charge is -2.16. The average molecular weight is 611 g/mol. The minimum Gasteiger partial charge on any atom is -0.311 e. The first-order valence-electron chi connectivity index (χ1n) is 15.9. The van der Waals surface area contributed by atoms with Crippen LogP contribution in [-0.2, 0) is 0 Å². The third-order valence-corrected chi connectivity index (χ3v) is 9.41. The van der Waals surface area contributed by atoms with Gasteiger partial charge in [-0.1, -0.05) is 115 Å². The van der Waals surface area contributed by atoms with Crippen LogP contribution in [0.5, 0.6) is 0 Å². The summed E-state index contributed by atoms with van der Waals surface area (Å²) in [4.78, 5) is 3.69. The Hall–Kier alpha value is -6.88. The number of nitrogens with zero attached hydrogens (tertiary/aromatic N) is 4. The summed E-state index contributed by atoms with van der Waals surface area (Å²) in [6.45, 7) is 7.58. The molecule has 48 heavy (non-hydrogen) atoms. The number of aromatic nitrogens is 2. The molecule has 2 heterocycles. The van der Waals surface area contributed by atoms with E-state index in [0.29, 0.717) is 11.3 Å². The number of fused-ring (bicyclic) bond motifs is 6. The molecule has 0 aliphatic rings. The van der Waals surface area contributed by atoms with Crippen molar-refractivity contribution in [3.8, 4) is 39.7 Å². The molecule has 9 rings (SSSR count). The van der Waals surface area contributed by atoms with Gasteiger partial charge in [-0.05, 0) is 48.0 Å². The molecule has 0 radical (unpaired) electrons. The highest BCUT2D eigenvalue weighted by atomic mass is 15.0. The van der Waals surface area contributed by atoms with Crippen LogP contribution >= 0.6 is 0 Å². The van der Waals surface area contributed by atoms with Crippen LogP contribution in [-0.4, -0.2) is 9.13 Å². The normalized spacial score (nSPS) is 11.3. The van der Waals surface area contributed by atoms with E-state index >= 15 is 0 Å². The van der Waals surface area contributed by atoms with E-state index in [4.69, 9.17) is 6.57 Å². The van der Waals surface area contributed by atoms with E-state index in [1.54, 1.807) is 0 Å². The molecule has 0 aliphatic carbocycles. The van der Waals surface area contributed by atoms with Crippen molar-refractivity contribution in [2.24, 2.45) is 0 Å². The average Bonchev–Trinajstić information content (AvgIpc) is 3.67. The number of benzene rings is 7. The second-order valence-electron chi connectivity index (χ2n) is 11.9. The first-order valence-corrected chi connectivity index (χ1v) is 15.9. The van der Waals surface area contributed by atoms with Crippen LogP contribution in [0.3, 0.4) is 0 Å². The molecule has 9 aromatic rings. The van der Waals surface area contributed by atoms with Gasteiger partial charge in [0.1, 0.15) is 6.07 Å². The second-order valence-corrected chi connectivity index (χ2v) is 11.9. The van der Waals surface area contributed by atoms with Crippen LogP contribution in [0.15, 0.2) is 158 Å². The van der Waals surface area contributed by atoms with Crippen molar-refractivity contribution in [1.29, 1.82) is 5.26 Å². The number of para-hydroxylation sites is 4. The van der Waals surface area contributed by atoms with Crippen LogP contribution in [0.25, 0.3) is 82.1 Å². The fourth-order valence-corrected chi connectivity index (χ4v) is 7.31. The third kappa shape index (κ3) is 4.07. The van der Waals surface area contributed by atoms with E-state index < -0.39 is 0 Å². The van der Waals surface area contributed by atoms with Gasteiger partial charge < -0.3 is 9.13 Å². The molecule has 0 saturated heterocycles. The van der Waals surface area contributed by atoms with E-state index in [0.717, 1.165) is 66.5 Å². The standard InChI is InChI=1S/C44H26N4/c1-46-30-23-26-38-37-14-3-6-17-40(37)47(44(38)27-30)31-24-21-29(22-25-31)32-15-10-16-33(39(32)28-45)34-11-2-7-18-41(34)48-42-19-8-4-12-35(42)36-13-5-9-20-43(36)48/h2-27H. The van der Waals surface area contributed by atoms with Crippen molar-refractivity contribution in [2.45, 2.75) is 0 Å². The molecule has 0 amide bonds. The van der Waals surface area contributed by atoms with Crippen molar-refractivity contribution in [3.63, 3.8) is 0 Å². The van der Waals surface area contributed by atoms with Crippen molar-refractivity contribution >= 4 is 49.3 Å². The van der Waals surface area contributed by atoms with Crippen molar-refractivity contribution in [2.75, 3.05) is 0 Å². The van der Waals surface area contributed by atoms with Gasteiger partial charge in [0.15, 0.2) is 5.69 Å². The molecule has 0 spiro atoms. The molecule has 0 fully saturated rings. The Balaban J connectivity index is 1.20. The fourth-order valence-electron chi connectivity index (χ4n) is 7.31. The van der Waals surface area contributed by atoms with Crippen LogP contribution < -0.4 is 0 Å². The van der Waals surface area contributed by atoms with Gasteiger partial charge in [0.25, 0.3) is 0 Å². The van der Waals surface area contributed by atoms with Crippen LogP contribution in [0, 0.1) is 17.9 Å². The van der Waals surface area contributed by atoms with Crippen molar-refractivity contribution in [1.82, 2.24) is 9.13 Å². The molecular formula is C44H26N4. The molecule has 2 aromatic heterocycles. The Labute approximate surface area is 277 Å². The topological polar surface area (TPSA) is 38.0 Å². The Morgan fingerprint density at radius 2 is 1.02 bits per heavy atom. The highest BCUT2D eigenvalue weighted by Gasteiger charge is 2.19. The lowest BCUT2D eigenvalue weighted by molar-refractivity contribution is 1.18. The predicted molar refractivity (Wildman–Crippen MR) is 197 cm³/mol. The molecular weight excluding hydrogens is 585 g/mol. The summed E-state index contributed by atoms with van der Waals surface area (Å²) in [7, 11) is 0. The smallest absolute Gasteiger partial charge is 0.189 e. The van der Waals surface area contributed by atoms with Crippen molar-refractivity contribution in [3.05, 3.63) is 175 Å². The summed E-state index contributed by atoms with van der Waals surface area (Å²) in [6, 6.07) is 56.6. The van der Waals surface area contributed by atoms with Gasteiger partial charge in [-0.2, -0.15) is 5.26 Å². The SMILES string of the molecule is [C-]#[N+]c1ccc2c3ccccc3n(-c3ccc(-c4cccc(-c5ccccc5-n5c6ccccc6c6ccccc65)c4C#N)cc3)c2c1. The van der Waals surface area contributed by atoms with Crippen molar-refractivity contribution < 1.29 is 0 Å². The highest BCUT2D eigenvalue weighted by molar-refractivity contribution is 6.11. The van der Waals surface area contributed by atoms with E-state index in [9.17, 15) is 5.26 Å². The Morgan fingerprint density at radius 3 is 1.67 bits per heavy atom. The summed E-state index contributed by atoms with van der Waals surface area (Å²) in [6.07, 6.45) is 0. The van der Waals surface area contributed by atoms with Crippen LogP contribution in [0.4, 0.5) is 5.69 Å². The van der Waals surface area contributed by atoms with Gasteiger partial charge in [0, 0.05) is 49.4 Å². The zero-order valence-corrected chi connectivity index (χ0v) is 25.8. The van der Waals surface area contributed by atoms with Gasteiger partial charge >= 0.3 is 0 Å². The molecule has 4 nitrogen and oxygen atoms in total. The largest absolute Gasteiger partial charge is 0.311 e. The fraction of sp³-hybridized carbons (Fsp3) is 0. The van der Waals surface area contributed by atoms with E-state index in [1.807, 2.05) is 48.5 Å². The maximum atomic E-state index is 10.7. The molecule has 0 N–H and O–H groups in total. The summed E-state index contributed by atoms with van der Waals surface area (Å²) in [5, 5.41) is 15.4. The first kappa shape index (κ1) is 27.4. The maximum absolute atomic E-state index is 10.7. The van der Waals surface area contributed by atoms with E-state index in [2.05, 4.69) is 129 Å². The summed E-state index contributed by atoms with van der Waals surface area (Å²) in [5.74, 6) is 0. The molecule has 0 unspecified atom stereocenters. The van der Waals surface area contributed by atoms with E-state index in [1.165, 1.54) is 10.8 Å². The number of hydrogen-bond acceptors (Lipinski definition) is 1. The highest BCUT2D eigenvalue weighted by Crippen LogP contribution is 2.40. The molecule has 0 bridgehead atoms. The molecule has 7 aromatic carbocycles. The molecule has 222 valence electrons. The van der Waals surface area contributed by atoms with Gasteiger partial charge in [-0.3, -0.25) is 0 Å². The zero-order chi connectivity index (χ0) is 32.2. The minimum absolute atomic E-state index is 0.611. The lowest BCUT2D eigenvalue weighted by atomic mass is 9.91. The van der Waals surface area contributed by atoms with Gasteiger partial charge in [0.2, 0.25) is 0 Å². The second kappa shape index (κ2) is 10.9. The molecule has 0 saturated carbocycles. The number of nitriles is 1. The summed E-state index contributed by atoms with van der Waals surface area (Å²) < 4.78 is 4.53. The third-order valence-electron chi connectivity index (χ3n) is 9.41. The lowest BCUT2D eigenvalue weighted by Crippen LogP contribution is -1.99. The molecule has 0 aliphatic heterocycles. The van der Waals surface area contributed by atoms with E-state index in [-0.39, 0.29) is 0 Å². The van der Waals surface area contributed by atoms with Gasteiger partial charge in [-0.15, -0.1) is 0 Å². The molecule has 0 atom stereocenters. The zero-order valence-electron chi connectivity index (χ0n) is 25.8. The van der Waals surface area contributed by atoms with Gasteiger partial charge in [0.05, 0.1) is 34.4 Å². The van der Waals surface area contributed by atoms with Crippen LogP contribution in [0.2, 0.25) is 0 Å². The minimum atomic E-state index is 0.611. The Bertz CT molecular complexity index is 2750. The van der Waals surface area contributed by atoms with Gasteiger partial charge in [-0.25, -0.2) is 4.85 Å². The number of rotatable bonds is 4. The monoisotopic (exact) mass is 610 g/mol. The Kier molecular flexibility index (Phi) is 6.22. The first-order chi connectivity index (χ1) is 23.7. The molecule has 4 heteroatoms. The Morgan fingerprint density at radius 1 is 0.479 bits per heavy atom. The van der Waals surface area contributed by atoms with Crippen LogP contribution in [0.1, 0.15) is 5.56 Å². The quantitative estimate of drug-likeness (QED) is 0.183. The predicted octanol–water partition coefficient (Wildman–Crippen LogP) is 11.6. The summed E-state index contributed by atoms with van der Waals surface area (Å²) >= 11 is 0. The maximum Gasteiger partial charge on any atom is 0.189 e.